The van der Waals surface area contributed by atoms with E-state index in [2.05, 4.69) is 21.4 Å². The van der Waals surface area contributed by atoms with Crippen molar-refractivity contribution >= 4 is 28.6 Å². The summed E-state index contributed by atoms with van der Waals surface area (Å²) in [6.07, 6.45) is 2.93. The molecule has 0 radical (unpaired) electrons. The van der Waals surface area contributed by atoms with Gasteiger partial charge < -0.3 is 5.32 Å². The lowest BCUT2D eigenvalue weighted by Crippen LogP contribution is -2.27. The molecule has 0 aromatic carbocycles. The summed E-state index contributed by atoms with van der Waals surface area (Å²) in [6, 6.07) is 9.83. The molecule has 0 saturated carbocycles. The SMILES string of the molecule is O=C(Cc1csc(-c2ccccn2)n1)NCCc1cccs1. The lowest BCUT2D eigenvalue weighted by atomic mass is 10.3. The van der Waals surface area contributed by atoms with E-state index in [9.17, 15) is 4.79 Å². The number of rotatable bonds is 6. The van der Waals surface area contributed by atoms with Gasteiger partial charge in [-0.15, -0.1) is 22.7 Å². The minimum Gasteiger partial charge on any atom is -0.355 e. The quantitative estimate of drug-likeness (QED) is 0.756. The molecule has 0 fully saturated rings. The highest BCUT2D eigenvalue weighted by molar-refractivity contribution is 7.13. The van der Waals surface area contributed by atoms with E-state index >= 15 is 0 Å². The fourth-order valence-corrected chi connectivity index (χ4v) is 3.51. The third-order valence-corrected chi connectivity index (χ3v) is 4.90. The molecule has 0 aliphatic rings. The van der Waals surface area contributed by atoms with Crippen LogP contribution in [-0.2, 0) is 17.6 Å². The lowest BCUT2D eigenvalue weighted by molar-refractivity contribution is -0.120. The number of hydrogen-bond acceptors (Lipinski definition) is 5. The highest BCUT2D eigenvalue weighted by atomic mass is 32.1. The third kappa shape index (κ3) is 3.99. The minimum absolute atomic E-state index is 0.00873. The van der Waals surface area contributed by atoms with Crippen molar-refractivity contribution in [3.05, 3.63) is 57.9 Å². The predicted molar refractivity (Wildman–Crippen MR) is 90.1 cm³/mol. The number of aromatic nitrogens is 2. The number of nitrogens with zero attached hydrogens (tertiary/aromatic N) is 2. The normalized spacial score (nSPS) is 10.5. The van der Waals surface area contributed by atoms with Gasteiger partial charge in [-0.2, -0.15) is 0 Å². The smallest absolute Gasteiger partial charge is 0.226 e. The summed E-state index contributed by atoms with van der Waals surface area (Å²) in [7, 11) is 0. The maximum atomic E-state index is 11.9. The van der Waals surface area contributed by atoms with E-state index in [0.717, 1.165) is 22.8 Å². The second-order valence-corrected chi connectivity index (χ2v) is 6.61. The van der Waals surface area contributed by atoms with E-state index in [1.807, 2.05) is 35.0 Å². The van der Waals surface area contributed by atoms with Gasteiger partial charge in [0.05, 0.1) is 17.8 Å². The van der Waals surface area contributed by atoms with Crippen LogP contribution in [0.15, 0.2) is 47.3 Å². The van der Waals surface area contributed by atoms with Gasteiger partial charge >= 0.3 is 0 Å². The molecule has 4 nitrogen and oxygen atoms in total. The van der Waals surface area contributed by atoms with Gasteiger partial charge in [0, 0.05) is 23.0 Å². The van der Waals surface area contributed by atoms with Gasteiger partial charge in [-0.3, -0.25) is 9.78 Å². The molecule has 0 unspecified atom stereocenters. The van der Waals surface area contributed by atoms with E-state index in [1.165, 1.54) is 16.2 Å². The van der Waals surface area contributed by atoms with Crippen LogP contribution in [0, 0.1) is 0 Å². The largest absolute Gasteiger partial charge is 0.355 e. The van der Waals surface area contributed by atoms with Gasteiger partial charge in [0.15, 0.2) is 0 Å². The summed E-state index contributed by atoms with van der Waals surface area (Å²) in [6.45, 7) is 0.663. The first-order chi connectivity index (χ1) is 10.8. The maximum Gasteiger partial charge on any atom is 0.226 e. The first kappa shape index (κ1) is 14.9. The van der Waals surface area contributed by atoms with E-state index in [-0.39, 0.29) is 5.91 Å². The second kappa shape index (κ2) is 7.29. The zero-order chi connectivity index (χ0) is 15.2. The zero-order valence-electron chi connectivity index (χ0n) is 11.9. The van der Waals surface area contributed by atoms with Crippen LogP contribution in [0.25, 0.3) is 10.7 Å². The molecule has 22 heavy (non-hydrogen) atoms. The Morgan fingerprint density at radius 2 is 2.14 bits per heavy atom. The summed E-state index contributed by atoms with van der Waals surface area (Å²) < 4.78 is 0. The summed E-state index contributed by atoms with van der Waals surface area (Å²) in [5.41, 5.74) is 1.64. The Bertz CT molecular complexity index is 723. The summed E-state index contributed by atoms with van der Waals surface area (Å²) in [5, 5.41) is 7.75. The topological polar surface area (TPSA) is 54.9 Å². The molecule has 1 N–H and O–H groups in total. The summed E-state index contributed by atoms with van der Waals surface area (Å²) >= 11 is 3.23. The molecule has 0 aliphatic heterocycles. The van der Waals surface area contributed by atoms with Gasteiger partial charge in [-0.05, 0) is 30.0 Å². The van der Waals surface area contributed by atoms with Crippen molar-refractivity contribution in [2.24, 2.45) is 0 Å². The number of carbonyl (C=O) groups excluding carboxylic acids is 1. The van der Waals surface area contributed by atoms with E-state index in [1.54, 1.807) is 17.5 Å². The number of carbonyl (C=O) groups is 1. The van der Waals surface area contributed by atoms with Crippen LogP contribution in [0.1, 0.15) is 10.6 Å². The number of amides is 1. The van der Waals surface area contributed by atoms with Crippen LogP contribution in [0.2, 0.25) is 0 Å². The van der Waals surface area contributed by atoms with E-state index < -0.39 is 0 Å². The molecule has 3 aromatic heterocycles. The van der Waals surface area contributed by atoms with Gasteiger partial charge in [0.2, 0.25) is 5.91 Å². The fraction of sp³-hybridized carbons (Fsp3) is 0.188. The van der Waals surface area contributed by atoms with Crippen molar-refractivity contribution in [1.29, 1.82) is 0 Å². The highest BCUT2D eigenvalue weighted by Crippen LogP contribution is 2.21. The lowest BCUT2D eigenvalue weighted by Gasteiger charge is -2.02. The van der Waals surface area contributed by atoms with Crippen LogP contribution >= 0.6 is 22.7 Å². The Hall–Kier alpha value is -2.05. The Morgan fingerprint density at radius 3 is 2.91 bits per heavy atom. The first-order valence-corrected chi connectivity index (χ1v) is 8.72. The van der Waals surface area contributed by atoms with Crippen molar-refractivity contribution in [2.75, 3.05) is 6.54 Å². The summed E-state index contributed by atoms with van der Waals surface area (Å²) in [5.74, 6) is 0.00873. The van der Waals surface area contributed by atoms with Crippen molar-refractivity contribution in [3.8, 4) is 10.7 Å². The van der Waals surface area contributed by atoms with Crippen LogP contribution < -0.4 is 5.32 Å². The molecule has 0 spiro atoms. The average molecular weight is 329 g/mol. The predicted octanol–water partition coefficient (Wildman–Crippen LogP) is 3.17. The Kier molecular flexibility index (Phi) is 4.92. The molecule has 6 heteroatoms. The molecule has 0 atom stereocenters. The van der Waals surface area contributed by atoms with Crippen LogP contribution in [0.3, 0.4) is 0 Å². The van der Waals surface area contributed by atoms with Crippen LogP contribution in [0.4, 0.5) is 0 Å². The molecule has 3 aromatic rings. The molecule has 1 amide bonds. The third-order valence-electron chi connectivity index (χ3n) is 3.05. The molecular formula is C16H15N3OS2. The molecule has 0 aliphatic carbocycles. The number of thiophene rings is 1. The molecule has 112 valence electrons. The Morgan fingerprint density at radius 1 is 1.18 bits per heavy atom. The number of pyridine rings is 1. The van der Waals surface area contributed by atoms with Crippen LogP contribution in [-0.4, -0.2) is 22.4 Å². The number of thiazole rings is 1. The monoisotopic (exact) mass is 329 g/mol. The molecular weight excluding hydrogens is 314 g/mol. The first-order valence-electron chi connectivity index (χ1n) is 6.96. The highest BCUT2D eigenvalue weighted by Gasteiger charge is 2.09. The Labute approximate surface area is 136 Å². The van der Waals surface area contributed by atoms with Crippen molar-refractivity contribution in [2.45, 2.75) is 12.8 Å². The second-order valence-electron chi connectivity index (χ2n) is 4.72. The summed E-state index contributed by atoms with van der Waals surface area (Å²) in [4.78, 5) is 22.0. The number of hydrogen-bond donors (Lipinski definition) is 1. The minimum atomic E-state index is 0.00873. The number of nitrogens with one attached hydrogen (secondary N) is 1. The molecule has 3 rings (SSSR count). The molecule has 3 heterocycles. The van der Waals surface area contributed by atoms with Crippen molar-refractivity contribution < 1.29 is 4.79 Å². The standard InChI is InChI=1S/C16H15N3OS2/c20-15(18-8-6-13-4-3-9-21-13)10-12-11-22-16(19-12)14-5-1-2-7-17-14/h1-5,7,9,11H,6,8,10H2,(H,18,20). The van der Waals surface area contributed by atoms with E-state index in [0.29, 0.717) is 13.0 Å². The molecule has 0 saturated heterocycles. The van der Waals surface area contributed by atoms with E-state index in [4.69, 9.17) is 0 Å². The zero-order valence-corrected chi connectivity index (χ0v) is 13.5. The average Bonchev–Trinajstić information content (AvgIpc) is 3.20. The van der Waals surface area contributed by atoms with Crippen LogP contribution in [0.5, 0.6) is 0 Å². The van der Waals surface area contributed by atoms with Crippen molar-refractivity contribution in [1.82, 2.24) is 15.3 Å². The van der Waals surface area contributed by atoms with Gasteiger partial charge in [0.1, 0.15) is 5.01 Å². The van der Waals surface area contributed by atoms with Gasteiger partial charge in [-0.1, -0.05) is 12.1 Å². The Balaban J connectivity index is 1.50. The van der Waals surface area contributed by atoms with Gasteiger partial charge in [0.25, 0.3) is 0 Å². The fourth-order valence-electron chi connectivity index (χ4n) is 2.00. The van der Waals surface area contributed by atoms with Crippen molar-refractivity contribution in [3.63, 3.8) is 0 Å². The maximum absolute atomic E-state index is 11.9. The van der Waals surface area contributed by atoms with Gasteiger partial charge in [-0.25, -0.2) is 4.98 Å². The molecule has 0 bridgehead atoms.